The van der Waals surface area contributed by atoms with Crippen molar-refractivity contribution in [2.24, 2.45) is 5.73 Å². The summed E-state index contributed by atoms with van der Waals surface area (Å²) in [5.41, 5.74) is 2.98. The Balaban J connectivity index is 3.27. The molecule has 0 saturated carbocycles. The van der Waals surface area contributed by atoms with E-state index in [2.05, 4.69) is 0 Å². The lowest BCUT2D eigenvalue weighted by Gasteiger charge is -2.35. The van der Waals surface area contributed by atoms with Crippen molar-refractivity contribution in [3.05, 3.63) is 29.8 Å². The van der Waals surface area contributed by atoms with Crippen LogP contribution in [-0.2, 0) is 5.60 Å². The standard InChI is InChI=1S/C13H19F3N2O/c1-4-11(17)12(19,13(14,15)16)9-5-7-10(8-6-9)18(2)3/h5-8,11,19H,4,17H2,1-3H3. The van der Waals surface area contributed by atoms with E-state index in [0.717, 1.165) is 5.69 Å². The molecule has 0 aliphatic carbocycles. The van der Waals surface area contributed by atoms with Gasteiger partial charge in [-0.2, -0.15) is 13.2 Å². The average molecular weight is 276 g/mol. The molecule has 19 heavy (non-hydrogen) atoms. The monoisotopic (exact) mass is 276 g/mol. The molecular weight excluding hydrogens is 257 g/mol. The minimum Gasteiger partial charge on any atom is -0.378 e. The fourth-order valence-corrected chi connectivity index (χ4v) is 1.90. The molecule has 3 N–H and O–H groups in total. The predicted molar refractivity (Wildman–Crippen MR) is 69.0 cm³/mol. The smallest absolute Gasteiger partial charge is 0.378 e. The van der Waals surface area contributed by atoms with Crippen molar-refractivity contribution in [1.29, 1.82) is 0 Å². The maximum absolute atomic E-state index is 13.1. The highest BCUT2D eigenvalue weighted by Gasteiger charge is 2.58. The van der Waals surface area contributed by atoms with E-state index in [-0.39, 0.29) is 12.0 Å². The van der Waals surface area contributed by atoms with Crippen LogP contribution in [0, 0.1) is 0 Å². The number of nitrogens with two attached hydrogens (primary N) is 1. The number of halogens is 3. The molecule has 0 heterocycles. The number of alkyl halides is 3. The van der Waals surface area contributed by atoms with Crippen LogP contribution >= 0.6 is 0 Å². The molecule has 1 rings (SSSR count). The first-order valence-electron chi connectivity index (χ1n) is 5.97. The second-order valence-electron chi connectivity index (χ2n) is 4.72. The maximum atomic E-state index is 13.1. The van der Waals surface area contributed by atoms with Crippen molar-refractivity contribution in [2.75, 3.05) is 19.0 Å². The highest BCUT2D eigenvalue weighted by molar-refractivity contribution is 5.47. The van der Waals surface area contributed by atoms with Gasteiger partial charge < -0.3 is 15.7 Å². The molecule has 0 amide bonds. The number of rotatable bonds is 4. The van der Waals surface area contributed by atoms with Crippen LogP contribution in [0.2, 0.25) is 0 Å². The Labute approximate surface area is 110 Å². The van der Waals surface area contributed by atoms with E-state index in [4.69, 9.17) is 5.73 Å². The molecule has 108 valence electrons. The van der Waals surface area contributed by atoms with E-state index in [9.17, 15) is 18.3 Å². The molecule has 0 radical (unpaired) electrons. The number of hydrogen-bond donors (Lipinski definition) is 2. The number of anilines is 1. The Morgan fingerprint density at radius 2 is 1.68 bits per heavy atom. The van der Waals surface area contributed by atoms with Crippen molar-refractivity contribution < 1.29 is 18.3 Å². The van der Waals surface area contributed by atoms with Crippen LogP contribution in [0.4, 0.5) is 18.9 Å². The largest absolute Gasteiger partial charge is 0.422 e. The fourth-order valence-electron chi connectivity index (χ4n) is 1.90. The number of nitrogens with zero attached hydrogens (tertiary/aromatic N) is 1. The van der Waals surface area contributed by atoms with Gasteiger partial charge in [0.15, 0.2) is 0 Å². The first-order chi connectivity index (χ1) is 8.64. The molecule has 1 aromatic rings. The number of hydrogen-bond acceptors (Lipinski definition) is 3. The van der Waals surface area contributed by atoms with Crippen molar-refractivity contribution in [3.63, 3.8) is 0 Å². The molecule has 0 aromatic heterocycles. The zero-order chi connectivity index (χ0) is 14.8. The van der Waals surface area contributed by atoms with Crippen molar-refractivity contribution >= 4 is 5.69 Å². The number of benzene rings is 1. The van der Waals surface area contributed by atoms with Crippen LogP contribution in [-0.4, -0.2) is 31.4 Å². The molecular formula is C13H19F3N2O. The Bertz CT molecular complexity index is 417. The normalized spacial score (nSPS) is 16.8. The molecule has 0 aliphatic rings. The van der Waals surface area contributed by atoms with Gasteiger partial charge in [0.2, 0.25) is 5.60 Å². The summed E-state index contributed by atoms with van der Waals surface area (Å²) < 4.78 is 39.4. The van der Waals surface area contributed by atoms with E-state index in [1.165, 1.54) is 31.2 Å². The second-order valence-corrected chi connectivity index (χ2v) is 4.72. The van der Waals surface area contributed by atoms with Gasteiger partial charge in [-0.3, -0.25) is 0 Å². The van der Waals surface area contributed by atoms with Crippen LogP contribution in [0.1, 0.15) is 18.9 Å². The lowest BCUT2D eigenvalue weighted by atomic mass is 9.84. The Kier molecular flexibility index (Phi) is 4.47. The Hall–Kier alpha value is -1.27. The van der Waals surface area contributed by atoms with Crippen LogP contribution in [0.15, 0.2) is 24.3 Å². The molecule has 0 spiro atoms. The molecule has 1 aromatic carbocycles. The lowest BCUT2D eigenvalue weighted by Crippen LogP contribution is -2.55. The highest BCUT2D eigenvalue weighted by Crippen LogP contribution is 2.42. The molecule has 6 heteroatoms. The van der Waals surface area contributed by atoms with E-state index >= 15 is 0 Å². The third-order valence-corrected chi connectivity index (χ3v) is 3.23. The first kappa shape index (κ1) is 15.8. The topological polar surface area (TPSA) is 49.5 Å². The van der Waals surface area contributed by atoms with Gasteiger partial charge in [0.05, 0.1) is 0 Å². The zero-order valence-corrected chi connectivity index (χ0v) is 11.2. The summed E-state index contributed by atoms with van der Waals surface area (Å²) in [5.74, 6) is 0. The molecule has 0 aliphatic heterocycles. The summed E-state index contributed by atoms with van der Waals surface area (Å²) in [7, 11) is 3.56. The van der Waals surface area contributed by atoms with Gasteiger partial charge in [-0.25, -0.2) is 0 Å². The second kappa shape index (κ2) is 5.38. The summed E-state index contributed by atoms with van der Waals surface area (Å²) in [4.78, 5) is 1.76. The zero-order valence-electron chi connectivity index (χ0n) is 11.2. The molecule has 2 atom stereocenters. The Morgan fingerprint density at radius 1 is 1.21 bits per heavy atom. The van der Waals surface area contributed by atoms with E-state index < -0.39 is 17.8 Å². The third kappa shape index (κ3) is 2.84. The predicted octanol–water partition coefficient (Wildman–Crippen LogP) is 2.24. The summed E-state index contributed by atoms with van der Waals surface area (Å²) >= 11 is 0. The van der Waals surface area contributed by atoms with Gasteiger partial charge in [0.1, 0.15) is 0 Å². The SMILES string of the molecule is CCC(N)C(O)(c1ccc(N(C)C)cc1)C(F)(F)F. The minimum atomic E-state index is -4.82. The lowest BCUT2D eigenvalue weighted by molar-refractivity contribution is -0.274. The van der Waals surface area contributed by atoms with Gasteiger partial charge in [-0.15, -0.1) is 0 Å². The quantitative estimate of drug-likeness (QED) is 0.886. The van der Waals surface area contributed by atoms with Crippen molar-refractivity contribution in [1.82, 2.24) is 0 Å². The minimum absolute atomic E-state index is 0.0193. The molecule has 0 bridgehead atoms. The maximum Gasteiger partial charge on any atom is 0.422 e. The van der Waals surface area contributed by atoms with Gasteiger partial charge >= 0.3 is 6.18 Å². The van der Waals surface area contributed by atoms with E-state index in [1.807, 2.05) is 0 Å². The van der Waals surface area contributed by atoms with E-state index in [1.54, 1.807) is 19.0 Å². The molecule has 0 fully saturated rings. The summed E-state index contributed by atoms with van der Waals surface area (Å²) in [6.45, 7) is 1.51. The molecule has 0 saturated heterocycles. The first-order valence-corrected chi connectivity index (χ1v) is 5.97. The average Bonchev–Trinajstić information content (AvgIpc) is 2.35. The Morgan fingerprint density at radius 3 is 2.00 bits per heavy atom. The van der Waals surface area contributed by atoms with Gasteiger partial charge in [0.25, 0.3) is 0 Å². The fraction of sp³-hybridized carbons (Fsp3) is 0.538. The number of aliphatic hydroxyl groups is 1. The van der Waals surface area contributed by atoms with Crippen molar-refractivity contribution in [3.8, 4) is 0 Å². The highest BCUT2D eigenvalue weighted by atomic mass is 19.4. The van der Waals surface area contributed by atoms with Crippen LogP contribution in [0.3, 0.4) is 0 Å². The summed E-state index contributed by atoms with van der Waals surface area (Å²) in [5, 5.41) is 10.1. The van der Waals surface area contributed by atoms with Gasteiger partial charge in [-0.05, 0) is 24.1 Å². The van der Waals surface area contributed by atoms with Gasteiger partial charge in [-0.1, -0.05) is 19.1 Å². The van der Waals surface area contributed by atoms with Gasteiger partial charge in [0, 0.05) is 25.8 Å². The van der Waals surface area contributed by atoms with E-state index in [0.29, 0.717) is 0 Å². The van der Waals surface area contributed by atoms with Crippen molar-refractivity contribution in [2.45, 2.75) is 31.2 Å². The molecule has 3 nitrogen and oxygen atoms in total. The summed E-state index contributed by atoms with van der Waals surface area (Å²) in [6.07, 6.45) is -4.80. The molecule has 2 unspecified atom stereocenters. The third-order valence-electron chi connectivity index (χ3n) is 3.23. The van der Waals surface area contributed by atoms with Crippen LogP contribution in [0.5, 0.6) is 0 Å². The summed E-state index contributed by atoms with van der Waals surface area (Å²) in [6, 6.07) is 4.16. The van der Waals surface area contributed by atoms with Crippen LogP contribution < -0.4 is 10.6 Å². The van der Waals surface area contributed by atoms with Crippen LogP contribution in [0.25, 0.3) is 0 Å².